The zero-order valence-electron chi connectivity index (χ0n) is 22.2. The largest absolute Gasteiger partial charge is 0.444 e. The van der Waals surface area contributed by atoms with E-state index >= 15 is 0 Å². The molecule has 1 aromatic heterocycles. The second kappa shape index (κ2) is 11.1. The topological polar surface area (TPSA) is 90.9 Å². The second-order valence-electron chi connectivity index (χ2n) is 10.6. The van der Waals surface area contributed by atoms with Crippen LogP contribution in [0.5, 0.6) is 0 Å². The number of nitrogens with zero attached hydrogens (tertiary/aromatic N) is 5. The van der Waals surface area contributed by atoms with E-state index < -0.39 is 11.0 Å². The maximum Gasteiger partial charge on any atom is 0.410 e. The molecule has 0 saturated carbocycles. The van der Waals surface area contributed by atoms with Gasteiger partial charge in [-0.05, 0) is 58.2 Å². The van der Waals surface area contributed by atoms with Gasteiger partial charge in [0.15, 0.2) is 0 Å². The van der Waals surface area contributed by atoms with Crippen molar-refractivity contribution in [3.05, 3.63) is 47.2 Å². The summed E-state index contributed by atoms with van der Waals surface area (Å²) in [5.74, 6) is 1.76. The fourth-order valence-corrected chi connectivity index (χ4v) is 5.16. The Hall–Kier alpha value is -3.07. The number of rotatable bonds is 5. The lowest BCUT2D eigenvalue weighted by molar-refractivity contribution is -0.140. The van der Waals surface area contributed by atoms with Gasteiger partial charge in [-0.15, -0.1) is 0 Å². The monoisotopic (exact) mass is 528 g/mol. The van der Waals surface area contributed by atoms with E-state index in [1.807, 2.05) is 62.9 Å². The predicted molar refractivity (Wildman–Crippen MR) is 145 cm³/mol. The maximum absolute atomic E-state index is 14.2. The molecule has 2 amide bonds. The summed E-state index contributed by atoms with van der Waals surface area (Å²) in [6.45, 7) is 11.9. The Balaban J connectivity index is 1.48. The standard InChI is InChI=1S/C27H37ClN6O3/c1-5-29-22-18-23(31-19-30-22)32-14-16-33(17-15-32)24(35)27(20-6-8-21(28)9-7-20)10-12-34(13-11-27)25(36)37-26(2,3)4/h6-9,18-19H,5,10-17H2,1-4H3,(H,29,30,31). The van der Waals surface area contributed by atoms with Crippen molar-refractivity contribution < 1.29 is 14.3 Å². The van der Waals surface area contributed by atoms with Gasteiger partial charge in [-0.25, -0.2) is 14.8 Å². The number of likely N-dealkylation sites (tertiary alicyclic amines) is 1. The minimum Gasteiger partial charge on any atom is -0.444 e. The molecule has 1 N–H and O–H groups in total. The summed E-state index contributed by atoms with van der Waals surface area (Å²) in [5, 5.41) is 3.85. The van der Waals surface area contributed by atoms with Crippen molar-refractivity contribution in [2.75, 3.05) is 56.0 Å². The lowest BCUT2D eigenvalue weighted by atomic mass is 9.71. The van der Waals surface area contributed by atoms with Crippen molar-refractivity contribution in [1.29, 1.82) is 0 Å². The van der Waals surface area contributed by atoms with Gasteiger partial charge in [0.05, 0.1) is 5.41 Å². The Morgan fingerprint density at radius 1 is 1.00 bits per heavy atom. The number of nitrogens with one attached hydrogen (secondary N) is 1. The number of carbonyl (C=O) groups excluding carboxylic acids is 2. The third-order valence-electron chi connectivity index (χ3n) is 6.98. The molecule has 200 valence electrons. The van der Waals surface area contributed by atoms with Crippen LogP contribution in [0.4, 0.5) is 16.4 Å². The highest BCUT2D eigenvalue weighted by atomic mass is 35.5. The Morgan fingerprint density at radius 3 is 2.24 bits per heavy atom. The average molecular weight is 529 g/mol. The molecule has 2 fully saturated rings. The number of halogens is 1. The molecule has 0 radical (unpaired) electrons. The van der Waals surface area contributed by atoms with Crippen LogP contribution in [0.2, 0.25) is 5.02 Å². The second-order valence-corrected chi connectivity index (χ2v) is 11.1. The summed E-state index contributed by atoms with van der Waals surface area (Å²) in [5.41, 5.74) is -0.327. The molecule has 1 aromatic carbocycles. The smallest absolute Gasteiger partial charge is 0.410 e. The van der Waals surface area contributed by atoms with E-state index in [9.17, 15) is 9.59 Å². The van der Waals surface area contributed by atoms with Crippen LogP contribution in [0.25, 0.3) is 0 Å². The number of hydrogen-bond donors (Lipinski definition) is 1. The van der Waals surface area contributed by atoms with Gasteiger partial charge in [-0.2, -0.15) is 0 Å². The number of aromatic nitrogens is 2. The van der Waals surface area contributed by atoms with E-state index in [0.717, 1.165) is 23.7 Å². The van der Waals surface area contributed by atoms with Crippen LogP contribution in [-0.4, -0.2) is 83.2 Å². The summed E-state index contributed by atoms with van der Waals surface area (Å²) < 4.78 is 5.57. The molecule has 2 saturated heterocycles. The Morgan fingerprint density at radius 2 is 1.65 bits per heavy atom. The Bertz CT molecular complexity index is 1090. The fourth-order valence-electron chi connectivity index (χ4n) is 5.03. The molecule has 2 aliphatic heterocycles. The fraction of sp³-hybridized carbons (Fsp3) is 0.556. The molecule has 0 aliphatic carbocycles. The molecular formula is C27H37ClN6O3. The molecule has 0 atom stereocenters. The number of anilines is 2. The number of piperazine rings is 1. The maximum atomic E-state index is 14.2. The Kier molecular flexibility index (Phi) is 8.11. The summed E-state index contributed by atoms with van der Waals surface area (Å²) in [6.07, 6.45) is 2.30. The minimum absolute atomic E-state index is 0.106. The van der Waals surface area contributed by atoms with E-state index in [2.05, 4.69) is 20.2 Å². The predicted octanol–water partition coefficient (Wildman–Crippen LogP) is 4.18. The zero-order valence-corrected chi connectivity index (χ0v) is 22.9. The van der Waals surface area contributed by atoms with Gasteiger partial charge in [0.1, 0.15) is 23.6 Å². The number of hydrogen-bond acceptors (Lipinski definition) is 7. The van der Waals surface area contributed by atoms with Crippen LogP contribution >= 0.6 is 11.6 Å². The number of ether oxygens (including phenoxy) is 1. The molecule has 0 unspecified atom stereocenters. The van der Waals surface area contributed by atoms with Crippen LogP contribution in [0.3, 0.4) is 0 Å². The lowest BCUT2D eigenvalue weighted by Gasteiger charge is -2.45. The average Bonchev–Trinajstić information content (AvgIpc) is 2.88. The van der Waals surface area contributed by atoms with Gasteiger partial charge in [0.25, 0.3) is 0 Å². The summed E-state index contributed by atoms with van der Waals surface area (Å²) >= 11 is 6.17. The van der Waals surface area contributed by atoms with Crippen molar-refractivity contribution in [3.63, 3.8) is 0 Å². The van der Waals surface area contributed by atoms with Crippen molar-refractivity contribution in [2.24, 2.45) is 0 Å². The third kappa shape index (κ3) is 6.26. The van der Waals surface area contributed by atoms with E-state index in [-0.39, 0.29) is 12.0 Å². The number of amides is 2. The number of benzene rings is 1. The first-order chi connectivity index (χ1) is 17.6. The first kappa shape index (κ1) is 27.0. The van der Waals surface area contributed by atoms with Gasteiger partial charge in [-0.3, -0.25) is 4.79 Å². The van der Waals surface area contributed by atoms with Gasteiger partial charge in [-0.1, -0.05) is 23.7 Å². The summed E-state index contributed by atoms with van der Waals surface area (Å²) in [6, 6.07) is 9.51. The molecule has 0 spiro atoms. The van der Waals surface area contributed by atoms with Crippen LogP contribution < -0.4 is 10.2 Å². The Labute approximate surface area is 224 Å². The van der Waals surface area contributed by atoms with Crippen molar-refractivity contribution >= 4 is 35.2 Å². The van der Waals surface area contributed by atoms with Crippen molar-refractivity contribution in [2.45, 2.75) is 51.6 Å². The van der Waals surface area contributed by atoms with Crippen LogP contribution in [0.15, 0.2) is 36.7 Å². The number of carbonyl (C=O) groups is 2. The summed E-state index contributed by atoms with van der Waals surface area (Å²) in [7, 11) is 0. The lowest BCUT2D eigenvalue weighted by Crippen LogP contribution is -2.58. The highest BCUT2D eigenvalue weighted by molar-refractivity contribution is 6.30. The minimum atomic E-state index is -0.710. The van der Waals surface area contributed by atoms with Gasteiger partial charge in [0.2, 0.25) is 5.91 Å². The molecule has 9 nitrogen and oxygen atoms in total. The number of piperidine rings is 1. The molecule has 3 heterocycles. The van der Waals surface area contributed by atoms with Crippen LogP contribution in [0.1, 0.15) is 46.1 Å². The first-order valence-corrected chi connectivity index (χ1v) is 13.3. The first-order valence-electron chi connectivity index (χ1n) is 13.0. The highest BCUT2D eigenvalue weighted by Crippen LogP contribution is 2.39. The van der Waals surface area contributed by atoms with E-state index in [4.69, 9.17) is 16.3 Å². The molecule has 37 heavy (non-hydrogen) atoms. The molecule has 0 bridgehead atoms. The van der Waals surface area contributed by atoms with Gasteiger partial charge in [0, 0.05) is 56.9 Å². The van der Waals surface area contributed by atoms with Gasteiger partial charge < -0.3 is 24.8 Å². The molecule has 2 aromatic rings. The third-order valence-corrected chi connectivity index (χ3v) is 7.23. The van der Waals surface area contributed by atoms with E-state index in [0.29, 0.717) is 57.1 Å². The SMILES string of the molecule is CCNc1cc(N2CCN(C(=O)C3(c4ccc(Cl)cc4)CCN(C(=O)OC(C)(C)C)CC3)CC2)ncn1. The highest BCUT2D eigenvalue weighted by Gasteiger charge is 2.46. The normalized spacial score (nSPS) is 17.9. The van der Waals surface area contributed by atoms with Crippen LogP contribution in [0, 0.1) is 0 Å². The van der Waals surface area contributed by atoms with Gasteiger partial charge >= 0.3 is 6.09 Å². The molecule has 10 heteroatoms. The van der Waals surface area contributed by atoms with Crippen LogP contribution in [-0.2, 0) is 14.9 Å². The zero-order chi connectivity index (χ0) is 26.6. The molecular weight excluding hydrogens is 492 g/mol. The van der Waals surface area contributed by atoms with Crippen molar-refractivity contribution in [3.8, 4) is 0 Å². The molecule has 4 rings (SSSR count). The summed E-state index contributed by atoms with van der Waals surface area (Å²) in [4.78, 5) is 41.4. The molecule has 2 aliphatic rings. The van der Waals surface area contributed by atoms with E-state index in [1.54, 1.807) is 11.2 Å². The van der Waals surface area contributed by atoms with E-state index in [1.165, 1.54) is 0 Å². The van der Waals surface area contributed by atoms with Crippen molar-refractivity contribution in [1.82, 2.24) is 19.8 Å². The quantitative estimate of drug-likeness (QED) is 0.622.